The van der Waals surface area contributed by atoms with E-state index in [1.54, 1.807) is 0 Å². The molecular formula is C8H6FIO2. The predicted molar refractivity (Wildman–Crippen MR) is 50.5 cm³/mol. The molecule has 12 heavy (non-hydrogen) atoms. The molecule has 0 amide bonds. The topological polar surface area (TPSA) is 26.3 Å². The number of carbonyl (C=O) groups excluding carboxylic acids is 1. The summed E-state index contributed by atoms with van der Waals surface area (Å²) in [5.41, 5.74) is 0.262. The van der Waals surface area contributed by atoms with Gasteiger partial charge in [-0.25, -0.2) is 9.18 Å². The van der Waals surface area contributed by atoms with E-state index in [1.165, 1.54) is 19.2 Å². The minimum atomic E-state index is -0.515. The molecule has 1 aromatic rings. The van der Waals surface area contributed by atoms with E-state index < -0.39 is 11.8 Å². The van der Waals surface area contributed by atoms with E-state index in [9.17, 15) is 9.18 Å². The van der Waals surface area contributed by atoms with E-state index in [0.717, 1.165) is 6.07 Å². The van der Waals surface area contributed by atoms with Crippen LogP contribution < -0.4 is 0 Å². The van der Waals surface area contributed by atoms with E-state index in [2.05, 4.69) is 4.74 Å². The van der Waals surface area contributed by atoms with Crippen molar-refractivity contribution in [1.82, 2.24) is 0 Å². The Hall–Kier alpha value is -0.650. The number of hydrogen-bond acceptors (Lipinski definition) is 2. The fraction of sp³-hybridized carbons (Fsp3) is 0.125. The molecule has 1 aromatic carbocycles. The lowest BCUT2D eigenvalue weighted by molar-refractivity contribution is 0.0599. The summed E-state index contributed by atoms with van der Waals surface area (Å²) in [6.07, 6.45) is 0. The third kappa shape index (κ3) is 1.94. The van der Waals surface area contributed by atoms with Gasteiger partial charge >= 0.3 is 5.97 Å². The molecule has 0 spiro atoms. The second-order valence-electron chi connectivity index (χ2n) is 2.12. The van der Waals surface area contributed by atoms with Crippen LogP contribution >= 0.6 is 22.6 Å². The first-order chi connectivity index (χ1) is 5.65. The number of hydrogen-bond donors (Lipinski definition) is 0. The molecule has 1 rings (SSSR count). The maximum Gasteiger partial charge on any atom is 0.339 e. The highest BCUT2D eigenvalue weighted by Crippen LogP contribution is 2.14. The number of carbonyl (C=O) groups is 1. The zero-order valence-corrected chi connectivity index (χ0v) is 8.46. The van der Waals surface area contributed by atoms with Gasteiger partial charge in [-0.05, 0) is 40.8 Å². The second kappa shape index (κ2) is 3.84. The Morgan fingerprint density at radius 1 is 1.58 bits per heavy atom. The highest BCUT2D eigenvalue weighted by Gasteiger charge is 2.10. The van der Waals surface area contributed by atoms with Gasteiger partial charge in [-0.3, -0.25) is 0 Å². The van der Waals surface area contributed by atoms with Gasteiger partial charge in [0.05, 0.1) is 12.7 Å². The quantitative estimate of drug-likeness (QED) is 0.582. The third-order valence-electron chi connectivity index (χ3n) is 1.33. The van der Waals surface area contributed by atoms with E-state index >= 15 is 0 Å². The Balaban J connectivity index is 3.13. The SMILES string of the molecule is COC(=O)c1cc(F)ccc1I. The monoisotopic (exact) mass is 280 g/mol. The largest absolute Gasteiger partial charge is 0.465 e. The highest BCUT2D eigenvalue weighted by molar-refractivity contribution is 14.1. The average Bonchev–Trinajstić information content (AvgIpc) is 2.08. The number of halogens is 2. The van der Waals surface area contributed by atoms with Crippen molar-refractivity contribution in [2.24, 2.45) is 0 Å². The van der Waals surface area contributed by atoms with Crippen molar-refractivity contribution in [2.75, 3.05) is 7.11 Å². The lowest BCUT2D eigenvalue weighted by Gasteiger charge is -2.01. The van der Waals surface area contributed by atoms with Gasteiger partial charge in [0.1, 0.15) is 5.82 Å². The van der Waals surface area contributed by atoms with Gasteiger partial charge in [-0.15, -0.1) is 0 Å². The highest BCUT2D eigenvalue weighted by atomic mass is 127. The first kappa shape index (κ1) is 9.44. The summed E-state index contributed by atoms with van der Waals surface area (Å²) < 4.78 is 17.8. The Labute approximate surface area is 82.9 Å². The molecule has 0 heterocycles. The molecular weight excluding hydrogens is 274 g/mol. The average molecular weight is 280 g/mol. The summed E-state index contributed by atoms with van der Waals surface area (Å²) in [6, 6.07) is 3.99. The van der Waals surface area contributed by atoms with E-state index in [1.807, 2.05) is 22.6 Å². The molecule has 4 heteroatoms. The van der Waals surface area contributed by atoms with Crippen LogP contribution in [0.25, 0.3) is 0 Å². The Bertz CT molecular complexity index is 312. The minimum Gasteiger partial charge on any atom is -0.465 e. The smallest absolute Gasteiger partial charge is 0.339 e. The number of methoxy groups -OCH3 is 1. The molecule has 0 aromatic heterocycles. The molecule has 2 nitrogen and oxygen atoms in total. The van der Waals surface area contributed by atoms with Gasteiger partial charge < -0.3 is 4.74 Å². The standard InChI is InChI=1S/C8H6FIO2/c1-12-8(11)6-4-5(9)2-3-7(6)10/h2-4H,1H3. The molecule has 0 saturated carbocycles. The molecule has 0 aliphatic carbocycles. The van der Waals surface area contributed by atoms with Gasteiger partial charge in [-0.2, -0.15) is 0 Å². The Kier molecular flexibility index (Phi) is 3.02. The molecule has 0 aliphatic rings. The summed E-state index contributed by atoms with van der Waals surface area (Å²) in [5.74, 6) is -0.949. The van der Waals surface area contributed by atoms with Crippen molar-refractivity contribution in [3.63, 3.8) is 0 Å². The maximum absolute atomic E-state index is 12.6. The lowest BCUT2D eigenvalue weighted by atomic mass is 10.2. The maximum atomic E-state index is 12.6. The number of esters is 1. The molecule has 0 radical (unpaired) electrons. The Morgan fingerprint density at radius 2 is 2.25 bits per heavy atom. The van der Waals surface area contributed by atoms with Crippen LogP contribution in [0.3, 0.4) is 0 Å². The molecule has 0 saturated heterocycles. The zero-order valence-electron chi connectivity index (χ0n) is 6.30. The van der Waals surface area contributed by atoms with Crippen molar-refractivity contribution in [1.29, 1.82) is 0 Å². The first-order valence-corrected chi connectivity index (χ1v) is 4.26. The molecule has 0 N–H and O–H groups in total. The van der Waals surface area contributed by atoms with Crippen LogP contribution in [0.5, 0.6) is 0 Å². The molecule has 0 bridgehead atoms. The van der Waals surface area contributed by atoms with Gasteiger partial charge in [-0.1, -0.05) is 0 Å². The summed E-state index contributed by atoms with van der Waals surface area (Å²) in [7, 11) is 1.27. The van der Waals surface area contributed by atoms with Crippen LogP contribution in [0.2, 0.25) is 0 Å². The fourth-order valence-electron chi connectivity index (χ4n) is 0.764. The molecule has 0 atom stereocenters. The van der Waals surface area contributed by atoms with Crippen LogP contribution in [0.4, 0.5) is 4.39 Å². The molecule has 0 fully saturated rings. The third-order valence-corrected chi connectivity index (χ3v) is 2.27. The van der Waals surface area contributed by atoms with E-state index in [0.29, 0.717) is 3.57 Å². The fourth-order valence-corrected chi connectivity index (χ4v) is 1.32. The molecule has 64 valence electrons. The van der Waals surface area contributed by atoms with Crippen LogP contribution in [0.15, 0.2) is 18.2 Å². The van der Waals surface area contributed by atoms with E-state index in [4.69, 9.17) is 0 Å². The number of ether oxygens (including phenoxy) is 1. The van der Waals surface area contributed by atoms with Gasteiger partial charge in [0.2, 0.25) is 0 Å². The van der Waals surface area contributed by atoms with E-state index in [-0.39, 0.29) is 5.56 Å². The molecule has 0 unspecified atom stereocenters. The first-order valence-electron chi connectivity index (χ1n) is 3.18. The lowest BCUT2D eigenvalue weighted by Crippen LogP contribution is -2.03. The van der Waals surface area contributed by atoms with Gasteiger partial charge in [0, 0.05) is 3.57 Å². The van der Waals surface area contributed by atoms with Gasteiger partial charge in [0.15, 0.2) is 0 Å². The van der Waals surface area contributed by atoms with Crippen molar-refractivity contribution < 1.29 is 13.9 Å². The second-order valence-corrected chi connectivity index (χ2v) is 3.28. The zero-order chi connectivity index (χ0) is 9.14. The van der Waals surface area contributed by atoms with Crippen molar-refractivity contribution >= 4 is 28.6 Å². The summed E-state index contributed by atoms with van der Waals surface area (Å²) in [4.78, 5) is 11.0. The molecule has 0 aliphatic heterocycles. The number of benzene rings is 1. The number of rotatable bonds is 1. The minimum absolute atomic E-state index is 0.262. The van der Waals surface area contributed by atoms with Gasteiger partial charge in [0.25, 0.3) is 0 Å². The van der Waals surface area contributed by atoms with Crippen LogP contribution in [-0.4, -0.2) is 13.1 Å². The summed E-state index contributed by atoms with van der Waals surface area (Å²) in [6.45, 7) is 0. The summed E-state index contributed by atoms with van der Waals surface area (Å²) in [5, 5.41) is 0. The van der Waals surface area contributed by atoms with Crippen LogP contribution in [0, 0.1) is 9.39 Å². The van der Waals surface area contributed by atoms with Crippen molar-refractivity contribution in [3.8, 4) is 0 Å². The summed E-state index contributed by atoms with van der Waals surface area (Å²) >= 11 is 1.95. The normalized spacial score (nSPS) is 9.58. The van der Waals surface area contributed by atoms with Crippen molar-refractivity contribution in [2.45, 2.75) is 0 Å². The Morgan fingerprint density at radius 3 is 2.83 bits per heavy atom. The van der Waals surface area contributed by atoms with Crippen LogP contribution in [-0.2, 0) is 4.74 Å². The van der Waals surface area contributed by atoms with Crippen molar-refractivity contribution in [3.05, 3.63) is 33.1 Å². The predicted octanol–water partition coefficient (Wildman–Crippen LogP) is 2.22. The van der Waals surface area contributed by atoms with Crippen LogP contribution in [0.1, 0.15) is 10.4 Å².